The number of nitrogens with one attached hydrogen (secondary N) is 1. The fraction of sp³-hybridized carbons (Fsp3) is 0.625. The van der Waals surface area contributed by atoms with Gasteiger partial charge in [0.15, 0.2) is 0 Å². The standard InChI is InChI=1S/C24H34N4O4/c1-16-22-20(26-15-25-16)13-18(28-9-11-30-12-10-28)14-21(22)31-19-7-5-17(6-8-19)27-23(29)32-24(2,3)4/h13-15,17,19H,5-12H2,1-4H3,(H,27,29)/t17-,19+. The van der Waals surface area contributed by atoms with Crippen molar-refractivity contribution in [3.05, 3.63) is 24.2 Å². The molecule has 1 aliphatic heterocycles. The van der Waals surface area contributed by atoms with E-state index in [2.05, 4.69) is 32.3 Å². The Bertz CT molecular complexity index is 945. The summed E-state index contributed by atoms with van der Waals surface area (Å²) >= 11 is 0. The van der Waals surface area contributed by atoms with Gasteiger partial charge in [0.2, 0.25) is 0 Å². The van der Waals surface area contributed by atoms with Crippen LogP contribution in [0, 0.1) is 6.92 Å². The molecule has 32 heavy (non-hydrogen) atoms. The summed E-state index contributed by atoms with van der Waals surface area (Å²) in [6, 6.07) is 4.35. The lowest BCUT2D eigenvalue weighted by atomic mass is 9.93. The molecule has 8 heteroatoms. The van der Waals surface area contributed by atoms with Crippen molar-refractivity contribution in [1.82, 2.24) is 15.3 Å². The zero-order valence-corrected chi connectivity index (χ0v) is 19.5. The fourth-order valence-electron chi connectivity index (χ4n) is 4.37. The van der Waals surface area contributed by atoms with Crippen LogP contribution in [0.4, 0.5) is 10.5 Å². The van der Waals surface area contributed by atoms with E-state index in [0.29, 0.717) is 0 Å². The second-order valence-electron chi connectivity index (χ2n) is 9.63. The molecule has 4 rings (SSSR count). The van der Waals surface area contributed by atoms with Gasteiger partial charge in [-0.15, -0.1) is 0 Å². The summed E-state index contributed by atoms with van der Waals surface area (Å²) in [5.74, 6) is 0.839. The molecule has 0 atom stereocenters. The van der Waals surface area contributed by atoms with Gasteiger partial charge < -0.3 is 24.4 Å². The van der Waals surface area contributed by atoms with Gasteiger partial charge in [0, 0.05) is 30.9 Å². The zero-order chi connectivity index (χ0) is 22.7. The molecule has 1 saturated heterocycles. The third kappa shape index (κ3) is 5.59. The summed E-state index contributed by atoms with van der Waals surface area (Å²) in [4.78, 5) is 23.3. The second kappa shape index (κ2) is 9.48. The highest BCUT2D eigenvalue weighted by Crippen LogP contribution is 2.35. The van der Waals surface area contributed by atoms with Crippen LogP contribution in [-0.4, -0.2) is 60.1 Å². The van der Waals surface area contributed by atoms with Gasteiger partial charge in [0.05, 0.1) is 35.9 Å². The van der Waals surface area contributed by atoms with Crippen LogP contribution in [0.5, 0.6) is 5.75 Å². The minimum Gasteiger partial charge on any atom is -0.490 e. The van der Waals surface area contributed by atoms with E-state index in [9.17, 15) is 4.79 Å². The molecule has 174 valence electrons. The fourth-order valence-corrected chi connectivity index (χ4v) is 4.37. The van der Waals surface area contributed by atoms with Crippen LogP contribution in [0.2, 0.25) is 0 Å². The highest BCUT2D eigenvalue weighted by Gasteiger charge is 2.27. The number of fused-ring (bicyclic) bond motifs is 1. The van der Waals surface area contributed by atoms with E-state index >= 15 is 0 Å². The van der Waals surface area contributed by atoms with Crippen molar-refractivity contribution in [3.63, 3.8) is 0 Å². The Morgan fingerprint density at radius 3 is 2.53 bits per heavy atom. The van der Waals surface area contributed by atoms with Crippen LogP contribution >= 0.6 is 0 Å². The maximum atomic E-state index is 12.1. The van der Waals surface area contributed by atoms with Gasteiger partial charge in [-0.1, -0.05) is 0 Å². The number of alkyl carbamates (subject to hydrolysis) is 1. The lowest BCUT2D eigenvalue weighted by molar-refractivity contribution is 0.0471. The number of ether oxygens (including phenoxy) is 3. The molecule has 1 aliphatic carbocycles. The van der Waals surface area contributed by atoms with Crippen LogP contribution in [-0.2, 0) is 9.47 Å². The van der Waals surface area contributed by atoms with E-state index in [1.807, 2.05) is 27.7 Å². The normalized spacial score (nSPS) is 21.9. The molecule has 1 aromatic heterocycles. The number of morpholine rings is 1. The summed E-state index contributed by atoms with van der Waals surface area (Å²) in [6.07, 6.45) is 4.82. The van der Waals surface area contributed by atoms with Crippen molar-refractivity contribution >= 4 is 22.7 Å². The van der Waals surface area contributed by atoms with Gasteiger partial charge in [-0.25, -0.2) is 14.8 Å². The highest BCUT2D eigenvalue weighted by atomic mass is 16.6. The number of hydrogen-bond donors (Lipinski definition) is 1. The number of nitrogens with zero attached hydrogens (tertiary/aromatic N) is 3. The molecule has 8 nitrogen and oxygen atoms in total. The first kappa shape index (κ1) is 22.6. The Morgan fingerprint density at radius 2 is 1.84 bits per heavy atom. The number of rotatable bonds is 4. The second-order valence-corrected chi connectivity index (χ2v) is 9.63. The molecule has 0 radical (unpaired) electrons. The lowest BCUT2D eigenvalue weighted by Gasteiger charge is -2.32. The topological polar surface area (TPSA) is 85.8 Å². The summed E-state index contributed by atoms with van der Waals surface area (Å²) in [5.41, 5.74) is 2.43. The molecule has 0 bridgehead atoms. The summed E-state index contributed by atoms with van der Waals surface area (Å²) < 4.78 is 17.4. The zero-order valence-electron chi connectivity index (χ0n) is 19.5. The molecule has 1 aromatic carbocycles. The molecule has 0 unspecified atom stereocenters. The number of benzene rings is 1. The Kier molecular flexibility index (Phi) is 6.69. The third-order valence-corrected chi connectivity index (χ3v) is 5.94. The number of hydrogen-bond acceptors (Lipinski definition) is 7. The van der Waals surface area contributed by atoms with Crippen molar-refractivity contribution in [2.24, 2.45) is 0 Å². The van der Waals surface area contributed by atoms with Crippen LogP contribution < -0.4 is 15.0 Å². The van der Waals surface area contributed by atoms with Gasteiger partial charge in [0.25, 0.3) is 0 Å². The number of anilines is 1. The van der Waals surface area contributed by atoms with Crippen LogP contribution in [0.1, 0.15) is 52.1 Å². The van der Waals surface area contributed by atoms with Gasteiger partial charge in [-0.2, -0.15) is 0 Å². The van der Waals surface area contributed by atoms with E-state index in [1.54, 1.807) is 6.33 Å². The Morgan fingerprint density at radius 1 is 1.12 bits per heavy atom. The average molecular weight is 443 g/mol. The van der Waals surface area contributed by atoms with Crippen molar-refractivity contribution < 1.29 is 19.0 Å². The Labute approximate surface area is 189 Å². The predicted molar refractivity (Wildman–Crippen MR) is 123 cm³/mol. The summed E-state index contributed by atoms with van der Waals surface area (Å²) in [6.45, 7) is 10.8. The van der Waals surface area contributed by atoms with Gasteiger partial charge in [0.1, 0.15) is 17.7 Å². The third-order valence-electron chi connectivity index (χ3n) is 5.94. The largest absolute Gasteiger partial charge is 0.490 e. The van der Waals surface area contributed by atoms with Gasteiger partial charge in [-0.3, -0.25) is 0 Å². The van der Waals surface area contributed by atoms with Gasteiger partial charge in [-0.05, 0) is 59.4 Å². The van der Waals surface area contributed by atoms with Crippen LogP contribution in [0.25, 0.3) is 10.9 Å². The summed E-state index contributed by atoms with van der Waals surface area (Å²) in [7, 11) is 0. The van der Waals surface area contributed by atoms with Crippen molar-refractivity contribution in [3.8, 4) is 5.75 Å². The first-order valence-electron chi connectivity index (χ1n) is 11.5. The van der Waals surface area contributed by atoms with Gasteiger partial charge >= 0.3 is 6.09 Å². The van der Waals surface area contributed by atoms with E-state index in [1.165, 1.54) is 0 Å². The highest BCUT2D eigenvalue weighted by molar-refractivity contribution is 5.90. The molecule has 2 fully saturated rings. The van der Waals surface area contributed by atoms with Crippen molar-refractivity contribution in [1.29, 1.82) is 0 Å². The molecule has 1 N–H and O–H groups in total. The quantitative estimate of drug-likeness (QED) is 0.766. The SMILES string of the molecule is Cc1ncnc2cc(N3CCOCC3)cc(O[C@H]3CC[C@@H](NC(=O)OC(C)(C)C)CC3)c12. The first-order chi connectivity index (χ1) is 15.3. The average Bonchev–Trinajstić information content (AvgIpc) is 2.74. The molecule has 0 spiro atoms. The molecule has 2 heterocycles. The van der Waals surface area contributed by atoms with E-state index < -0.39 is 5.60 Å². The minimum absolute atomic E-state index is 0.0921. The first-order valence-corrected chi connectivity index (χ1v) is 11.5. The smallest absolute Gasteiger partial charge is 0.407 e. The number of amides is 1. The van der Waals surface area contributed by atoms with Crippen molar-refractivity contribution in [2.45, 2.75) is 71.1 Å². The maximum Gasteiger partial charge on any atom is 0.407 e. The molecule has 2 aliphatic rings. The number of carbonyl (C=O) groups excluding carboxylic acids is 1. The molecular weight excluding hydrogens is 408 g/mol. The monoisotopic (exact) mass is 442 g/mol. The minimum atomic E-state index is -0.489. The molecular formula is C24H34N4O4. The Hall–Kier alpha value is -2.61. The summed E-state index contributed by atoms with van der Waals surface area (Å²) in [5, 5.41) is 3.97. The van der Waals surface area contributed by atoms with Crippen molar-refractivity contribution in [2.75, 3.05) is 31.2 Å². The molecule has 1 saturated carbocycles. The lowest BCUT2D eigenvalue weighted by Crippen LogP contribution is -2.42. The molecule has 1 amide bonds. The predicted octanol–water partition coefficient (Wildman–Crippen LogP) is 3.99. The number of carbonyl (C=O) groups is 1. The van der Waals surface area contributed by atoms with E-state index in [4.69, 9.17) is 14.2 Å². The van der Waals surface area contributed by atoms with Crippen LogP contribution in [0.3, 0.4) is 0 Å². The number of aryl methyl sites for hydroxylation is 1. The van der Waals surface area contributed by atoms with E-state index in [-0.39, 0.29) is 18.2 Å². The number of aromatic nitrogens is 2. The maximum absolute atomic E-state index is 12.1. The Balaban J connectivity index is 1.45. The molecule has 2 aromatic rings. The van der Waals surface area contributed by atoms with E-state index in [0.717, 1.165) is 80.0 Å². The van der Waals surface area contributed by atoms with Crippen LogP contribution in [0.15, 0.2) is 18.5 Å².